The predicted molar refractivity (Wildman–Crippen MR) is 93.0 cm³/mol. The fourth-order valence-electron chi connectivity index (χ4n) is 1.52. The highest BCUT2D eigenvalue weighted by Gasteiger charge is 2.16. The monoisotopic (exact) mass is 410 g/mol. The summed E-state index contributed by atoms with van der Waals surface area (Å²) in [5.41, 5.74) is 10.5. The molecular weight excluding hydrogens is 396 g/mol. The van der Waals surface area contributed by atoms with Crippen molar-refractivity contribution in [1.29, 1.82) is 0 Å². The summed E-state index contributed by atoms with van der Waals surface area (Å²) in [7, 11) is -7.65. The number of phenolic OH excluding ortho intramolecular Hbond substituents is 2. The molecule has 0 fully saturated rings. The number of hydrogen-bond acceptors (Lipinski definition) is 8. The van der Waals surface area contributed by atoms with E-state index < -0.39 is 30.6 Å². The van der Waals surface area contributed by atoms with E-state index in [1.807, 2.05) is 0 Å². The number of aromatic hydroxyl groups is 2. The fraction of sp³-hybridized carbons (Fsp3) is 0.0769. The Balaban J connectivity index is 0.000000251. The minimum absolute atomic E-state index is 0.0580. The molecule has 138 valence electrons. The van der Waals surface area contributed by atoms with Gasteiger partial charge >= 0.3 is 0 Å². The molecule has 0 aliphatic carbocycles. The minimum Gasteiger partial charge on any atom is -0.506 e. The molecule has 0 spiro atoms. The molecule has 0 unspecified atom stereocenters. The molecule has 12 heteroatoms. The minimum atomic E-state index is -4.42. The molecule has 2 aromatic carbocycles. The van der Waals surface area contributed by atoms with Crippen LogP contribution >= 0.6 is 11.6 Å². The van der Waals surface area contributed by atoms with Gasteiger partial charge in [0.25, 0.3) is 10.1 Å². The first-order chi connectivity index (χ1) is 11.2. The van der Waals surface area contributed by atoms with Crippen LogP contribution in [-0.4, -0.2) is 37.9 Å². The molecule has 0 saturated carbocycles. The summed E-state index contributed by atoms with van der Waals surface area (Å²) in [4.78, 5) is -0.460. The molecule has 0 saturated heterocycles. The number of rotatable bonds is 2. The Morgan fingerprint density at radius 3 is 1.88 bits per heavy atom. The average Bonchev–Trinajstić information content (AvgIpc) is 2.44. The second kappa shape index (κ2) is 7.35. The Morgan fingerprint density at radius 2 is 1.44 bits per heavy atom. The van der Waals surface area contributed by atoms with E-state index in [2.05, 4.69) is 0 Å². The van der Waals surface area contributed by atoms with Gasteiger partial charge in [0.1, 0.15) is 16.4 Å². The SMILES string of the molecule is CS(=O)(=O)c1ccc(O)c(N)c1.Nc1cc(Cl)c(S(=O)(=O)O)cc1O. The van der Waals surface area contributed by atoms with Gasteiger partial charge in [-0.2, -0.15) is 8.42 Å². The van der Waals surface area contributed by atoms with E-state index in [9.17, 15) is 16.8 Å². The molecule has 0 radical (unpaired) electrons. The first kappa shape index (κ1) is 20.8. The van der Waals surface area contributed by atoms with E-state index in [1.54, 1.807) is 0 Å². The van der Waals surface area contributed by atoms with Crippen LogP contribution in [0, 0.1) is 0 Å². The number of halogens is 1. The predicted octanol–water partition coefficient (Wildman–Crippen LogP) is 1.25. The third-order valence-electron chi connectivity index (χ3n) is 2.79. The maximum Gasteiger partial charge on any atom is 0.296 e. The van der Waals surface area contributed by atoms with Crippen molar-refractivity contribution in [3.8, 4) is 11.5 Å². The van der Waals surface area contributed by atoms with Crippen molar-refractivity contribution in [3.63, 3.8) is 0 Å². The number of hydrogen-bond donors (Lipinski definition) is 5. The van der Waals surface area contributed by atoms with Gasteiger partial charge in [-0.1, -0.05) is 11.6 Å². The fourth-order valence-corrected chi connectivity index (χ4v) is 3.21. The van der Waals surface area contributed by atoms with Crippen LogP contribution < -0.4 is 11.5 Å². The van der Waals surface area contributed by atoms with Crippen molar-refractivity contribution in [2.75, 3.05) is 17.7 Å². The number of nitrogens with two attached hydrogens (primary N) is 2. The van der Waals surface area contributed by atoms with Crippen molar-refractivity contribution in [2.45, 2.75) is 9.79 Å². The largest absolute Gasteiger partial charge is 0.506 e. The quantitative estimate of drug-likeness (QED) is 0.276. The molecule has 25 heavy (non-hydrogen) atoms. The second-order valence-corrected chi connectivity index (χ2v) is 8.62. The molecule has 0 aromatic heterocycles. The highest BCUT2D eigenvalue weighted by molar-refractivity contribution is 7.90. The van der Waals surface area contributed by atoms with E-state index in [0.29, 0.717) is 0 Å². The molecule has 2 aromatic rings. The van der Waals surface area contributed by atoms with E-state index in [0.717, 1.165) is 18.4 Å². The van der Waals surface area contributed by atoms with Crippen LogP contribution in [0.1, 0.15) is 0 Å². The van der Waals surface area contributed by atoms with Crippen LogP contribution in [0.3, 0.4) is 0 Å². The molecule has 9 nitrogen and oxygen atoms in total. The first-order valence-electron chi connectivity index (χ1n) is 6.27. The van der Waals surface area contributed by atoms with E-state index >= 15 is 0 Å². The molecular formula is C13H15ClN2O7S2. The van der Waals surface area contributed by atoms with Crippen LogP contribution in [-0.2, 0) is 20.0 Å². The Bertz CT molecular complexity index is 1010. The van der Waals surface area contributed by atoms with Gasteiger partial charge in [0.05, 0.1) is 21.3 Å². The number of sulfone groups is 1. The standard InChI is InChI=1S/C7H9NO3S.C6H6ClNO4S/c1-12(10,11)5-2-3-7(9)6(8)4-5;7-3-1-4(8)5(9)2-6(3)13(10,11)12/h2-4,9H,8H2,1H3;1-2,9H,8H2,(H,10,11,12). The topological polar surface area (TPSA) is 181 Å². The maximum atomic E-state index is 11.0. The Labute approximate surface area is 149 Å². The van der Waals surface area contributed by atoms with Gasteiger partial charge in [0.15, 0.2) is 9.84 Å². The summed E-state index contributed by atoms with van der Waals surface area (Å²) in [5.74, 6) is -0.556. The zero-order valence-corrected chi connectivity index (χ0v) is 15.1. The van der Waals surface area contributed by atoms with Gasteiger partial charge in [-0.25, -0.2) is 8.42 Å². The third-order valence-corrected chi connectivity index (χ3v) is 5.21. The van der Waals surface area contributed by atoms with E-state index in [-0.39, 0.29) is 27.0 Å². The van der Waals surface area contributed by atoms with Crippen molar-refractivity contribution >= 4 is 42.9 Å². The number of phenols is 2. The van der Waals surface area contributed by atoms with Crippen LogP contribution in [0.4, 0.5) is 11.4 Å². The summed E-state index contributed by atoms with van der Waals surface area (Å²) >= 11 is 5.46. The lowest BCUT2D eigenvalue weighted by Crippen LogP contribution is -2.00. The van der Waals surface area contributed by atoms with Gasteiger partial charge in [-0.15, -0.1) is 0 Å². The first-order valence-corrected chi connectivity index (χ1v) is 9.98. The normalized spacial score (nSPS) is 11.5. The Hall–Kier alpha value is -2.21. The van der Waals surface area contributed by atoms with Gasteiger partial charge in [-0.3, -0.25) is 4.55 Å². The zero-order chi connectivity index (χ0) is 19.6. The molecule has 0 bridgehead atoms. The molecule has 0 aliphatic heterocycles. The number of benzene rings is 2. The molecule has 0 amide bonds. The zero-order valence-electron chi connectivity index (χ0n) is 12.7. The van der Waals surface area contributed by atoms with Crippen molar-refractivity contribution < 1.29 is 31.6 Å². The summed E-state index contributed by atoms with van der Waals surface area (Å²) in [6, 6.07) is 5.62. The van der Waals surface area contributed by atoms with Crippen molar-refractivity contribution in [3.05, 3.63) is 35.4 Å². The summed E-state index contributed by atoms with van der Waals surface area (Å²) < 4.78 is 51.8. The lowest BCUT2D eigenvalue weighted by Gasteiger charge is -2.03. The van der Waals surface area contributed by atoms with Gasteiger partial charge in [0, 0.05) is 12.3 Å². The molecule has 0 heterocycles. The van der Waals surface area contributed by atoms with Crippen molar-refractivity contribution in [1.82, 2.24) is 0 Å². The lowest BCUT2D eigenvalue weighted by atomic mass is 10.3. The second-order valence-electron chi connectivity index (χ2n) is 4.81. The molecule has 0 atom stereocenters. The van der Waals surface area contributed by atoms with Gasteiger partial charge < -0.3 is 21.7 Å². The van der Waals surface area contributed by atoms with Crippen LogP contribution in [0.2, 0.25) is 5.02 Å². The summed E-state index contributed by atoms with van der Waals surface area (Å²) in [6.07, 6.45) is 1.08. The molecule has 2 rings (SSSR count). The molecule has 0 aliphatic rings. The highest BCUT2D eigenvalue weighted by atomic mass is 35.5. The highest BCUT2D eigenvalue weighted by Crippen LogP contribution is 2.30. The molecule has 7 N–H and O–H groups in total. The van der Waals surface area contributed by atoms with Gasteiger partial charge in [-0.05, 0) is 24.3 Å². The lowest BCUT2D eigenvalue weighted by molar-refractivity contribution is 0.468. The third kappa shape index (κ3) is 5.67. The van der Waals surface area contributed by atoms with Crippen molar-refractivity contribution in [2.24, 2.45) is 0 Å². The summed E-state index contributed by atoms with van der Waals surface area (Å²) in [5, 5.41) is 17.8. The van der Waals surface area contributed by atoms with E-state index in [4.69, 9.17) is 37.8 Å². The summed E-state index contributed by atoms with van der Waals surface area (Å²) in [6.45, 7) is 0. The van der Waals surface area contributed by atoms with E-state index in [1.165, 1.54) is 18.2 Å². The Kier molecular flexibility index (Phi) is 6.13. The number of anilines is 2. The van der Waals surface area contributed by atoms with Crippen LogP contribution in [0.15, 0.2) is 40.1 Å². The number of nitrogen functional groups attached to an aromatic ring is 2. The van der Waals surface area contributed by atoms with Crippen LogP contribution in [0.5, 0.6) is 11.5 Å². The Morgan fingerprint density at radius 1 is 0.920 bits per heavy atom. The maximum absolute atomic E-state index is 11.0. The average molecular weight is 411 g/mol. The van der Waals surface area contributed by atoms with Gasteiger partial charge in [0.2, 0.25) is 0 Å². The van der Waals surface area contributed by atoms with Crippen LogP contribution in [0.25, 0.3) is 0 Å². The smallest absolute Gasteiger partial charge is 0.296 e.